The number of likely N-dealkylation sites (tertiary alicyclic amines) is 1. The monoisotopic (exact) mass is 432 g/mol. The molecule has 0 aliphatic carbocycles. The Bertz CT molecular complexity index is 1090. The quantitative estimate of drug-likeness (QED) is 0.590. The Hall–Kier alpha value is -3.48. The number of carbonyl (C=O) groups excluding carboxylic acids is 1. The summed E-state index contributed by atoms with van der Waals surface area (Å²) in [7, 11) is 3.05. The number of methoxy groups -OCH3 is 2. The van der Waals surface area contributed by atoms with Crippen molar-refractivity contribution in [3.05, 3.63) is 76.9 Å². The zero-order valence-electron chi connectivity index (χ0n) is 18.7. The number of hydrogen-bond acceptors (Lipinski definition) is 6. The Morgan fingerprint density at radius 1 is 1.09 bits per heavy atom. The highest BCUT2D eigenvalue weighted by atomic mass is 16.5. The lowest BCUT2D eigenvalue weighted by atomic mass is 9.90. The largest absolute Gasteiger partial charge is 0.481 e. The normalized spacial score (nSPS) is 16.0. The number of nitrogens with zero attached hydrogens (tertiary/aromatic N) is 4. The SMILES string of the molecule is COc1ccc(C(=O)N2CCC[C@@H](c3nc(C)ncc3Cc3ccccc3)C2)c(OC)n1. The van der Waals surface area contributed by atoms with Crippen LogP contribution in [0, 0.1) is 6.92 Å². The molecule has 1 saturated heterocycles. The predicted octanol–water partition coefficient (Wildman–Crippen LogP) is 3.81. The van der Waals surface area contributed by atoms with Gasteiger partial charge in [-0.1, -0.05) is 30.3 Å². The summed E-state index contributed by atoms with van der Waals surface area (Å²) in [5.74, 6) is 1.51. The van der Waals surface area contributed by atoms with Crippen LogP contribution < -0.4 is 9.47 Å². The van der Waals surface area contributed by atoms with E-state index in [1.807, 2.05) is 36.2 Å². The minimum absolute atomic E-state index is 0.0860. The van der Waals surface area contributed by atoms with E-state index in [0.717, 1.165) is 36.3 Å². The van der Waals surface area contributed by atoms with Gasteiger partial charge in [-0.3, -0.25) is 4.79 Å². The second-order valence-corrected chi connectivity index (χ2v) is 7.99. The number of pyridine rings is 1. The van der Waals surface area contributed by atoms with Gasteiger partial charge in [-0.25, -0.2) is 9.97 Å². The Morgan fingerprint density at radius 3 is 2.66 bits per heavy atom. The van der Waals surface area contributed by atoms with Crippen LogP contribution in [0.5, 0.6) is 11.8 Å². The molecule has 0 spiro atoms. The van der Waals surface area contributed by atoms with E-state index in [0.29, 0.717) is 24.5 Å². The molecule has 3 heterocycles. The summed E-state index contributed by atoms with van der Waals surface area (Å²) in [5.41, 5.74) is 3.82. The average Bonchev–Trinajstić information content (AvgIpc) is 2.85. The van der Waals surface area contributed by atoms with E-state index in [9.17, 15) is 4.79 Å². The number of aromatic nitrogens is 3. The molecule has 0 N–H and O–H groups in total. The third kappa shape index (κ3) is 4.72. The van der Waals surface area contributed by atoms with Crippen LogP contribution in [0.15, 0.2) is 48.7 Å². The van der Waals surface area contributed by atoms with Crippen LogP contribution in [0.2, 0.25) is 0 Å². The van der Waals surface area contributed by atoms with Gasteiger partial charge < -0.3 is 14.4 Å². The summed E-state index contributed by atoms with van der Waals surface area (Å²) in [4.78, 5) is 28.7. The van der Waals surface area contributed by atoms with E-state index in [2.05, 4.69) is 22.1 Å². The molecule has 1 atom stereocenters. The molecule has 1 fully saturated rings. The first-order valence-corrected chi connectivity index (χ1v) is 10.8. The average molecular weight is 433 g/mol. The third-order valence-electron chi connectivity index (χ3n) is 5.82. The topological polar surface area (TPSA) is 77.4 Å². The van der Waals surface area contributed by atoms with Crippen LogP contribution in [0.25, 0.3) is 0 Å². The Kier molecular flexibility index (Phi) is 6.63. The number of hydrogen-bond donors (Lipinski definition) is 0. The minimum Gasteiger partial charge on any atom is -0.481 e. The lowest BCUT2D eigenvalue weighted by Gasteiger charge is -2.33. The standard InChI is InChI=1S/C25H28N4O3/c1-17-26-15-20(14-18-8-5-4-6-9-18)23(27-17)19-10-7-13-29(16-19)25(30)21-11-12-22(31-2)28-24(21)32-3/h4-6,8-9,11-12,15,19H,7,10,13-14,16H2,1-3H3/t19-/m1/s1. The van der Waals surface area contributed by atoms with Crippen molar-refractivity contribution in [1.82, 2.24) is 19.9 Å². The zero-order chi connectivity index (χ0) is 22.5. The first-order valence-electron chi connectivity index (χ1n) is 10.8. The summed E-state index contributed by atoms with van der Waals surface area (Å²) < 4.78 is 10.5. The fraction of sp³-hybridized carbons (Fsp3) is 0.360. The summed E-state index contributed by atoms with van der Waals surface area (Å²) in [6.07, 6.45) is 4.61. The Morgan fingerprint density at radius 2 is 1.91 bits per heavy atom. The molecular weight excluding hydrogens is 404 g/mol. The maximum Gasteiger partial charge on any atom is 0.259 e. The van der Waals surface area contributed by atoms with E-state index in [1.54, 1.807) is 12.1 Å². The minimum atomic E-state index is -0.0860. The fourth-order valence-electron chi connectivity index (χ4n) is 4.23. The predicted molar refractivity (Wildman–Crippen MR) is 121 cm³/mol. The number of carbonyl (C=O) groups is 1. The second kappa shape index (κ2) is 9.77. The molecule has 0 saturated carbocycles. The molecule has 0 bridgehead atoms. The molecule has 166 valence electrons. The van der Waals surface area contributed by atoms with Crippen molar-refractivity contribution in [2.75, 3.05) is 27.3 Å². The van der Waals surface area contributed by atoms with Gasteiger partial charge in [0.2, 0.25) is 11.8 Å². The molecule has 1 aliphatic heterocycles. The molecule has 3 aromatic rings. The van der Waals surface area contributed by atoms with Gasteiger partial charge in [-0.2, -0.15) is 4.98 Å². The van der Waals surface area contributed by atoms with Gasteiger partial charge in [0.1, 0.15) is 11.4 Å². The van der Waals surface area contributed by atoms with Crippen molar-refractivity contribution >= 4 is 5.91 Å². The Balaban J connectivity index is 1.58. The van der Waals surface area contributed by atoms with E-state index in [4.69, 9.17) is 14.5 Å². The highest BCUT2D eigenvalue weighted by molar-refractivity contribution is 5.96. The van der Waals surface area contributed by atoms with Crippen molar-refractivity contribution in [3.63, 3.8) is 0 Å². The van der Waals surface area contributed by atoms with Gasteiger partial charge in [0.05, 0.1) is 19.9 Å². The smallest absolute Gasteiger partial charge is 0.259 e. The Labute approximate surface area is 188 Å². The second-order valence-electron chi connectivity index (χ2n) is 7.99. The first kappa shape index (κ1) is 21.7. The number of aryl methyl sites for hydroxylation is 1. The van der Waals surface area contributed by atoms with Crippen molar-refractivity contribution in [1.29, 1.82) is 0 Å². The van der Waals surface area contributed by atoms with Crippen LogP contribution in [-0.2, 0) is 6.42 Å². The summed E-state index contributed by atoms with van der Waals surface area (Å²) in [5, 5.41) is 0. The number of piperidine rings is 1. The molecule has 0 unspecified atom stereocenters. The highest BCUT2D eigenvalue weighted by Gasteiger charge is 2.30. The maximum atomic E-state index is 13.3. The highest BCUT2D eigenvalue weighted by Crippen LogP contribution is 2.31. The molecule has 32 heavy (non-hydrogen) atoms. The molecule has 1 aromatic carbocycles. The van der Waals surface area contributed by atoms with E-state index >= 15 is 0 Å². The van der Waals surface area contributed by atoms with E-state index in [1.165, 1.54) is 19.8 Å². The molecule has 7 nitrogen and oxygen atoms in total. The van der Waals surface area contributed by atoms with Gasteiger partial charge in [0.25, 0.3) is 5.91 Å². The number of ether oxygens (including phenoxy) is 2. The lowest BCUT2D eigenvalue weighted by Crippen LogP contribution is -2.39. The molecular formula is C25H28N4O3. The van der Waals surface area contributed by atoms with Crippen LogP contribution in [-0.4, -0.2) is 53.1 Å². The summed E-state index contributed by atoms with van der Waals surface area (Å²) in [6, 6.07) is 13.7. The van der Waals surface area contributed by atoms with Crippen LogP contribution in [0.3, 0.4) is 0 Å². The van der Waals surface area contributed by atoms with Crippen LogP contribution in [0.1, 0.15) is 51.8 Å². The van der Waals surface area contributed by atoms with Crippen molar-refractivity contribution in [3.8, 4) is 11.8 Å². The summed E-state index contributed by atoms with van der Waals surface area (Å²) >= 11 is 0. The molecule has 1 amide bonds. The van der Waals surface area contributed by atoms with Gasteiger partial charge in [0.15, 0.2) is 0 Å². The molecule has 7 heteroatoms. The van der Waals surface area contributed by atoms with Gasteiger partial charge in [-0.15, -0.1) is 0 Å². The van der Waals surface area contributed by atoms with Crippen LogP contribution >= 0.6 is 0 Å². The van der Waals surface area contributed by atoms with Crippen molar-refractivity contribution in [2.24, 2.45) is 0 Å². The molecule has 2 aromatic heterocycles. The first-order chi connectivity index (χ1) is 15.6. The molecule has 1 aliphatic rings. The third-order valence-corrected chi connectivity index (χ3v) is 5.82. The number of rotatable bonds is 6. The fourth-order valence-corrected chi connectivity index (χ4v) is 4.23. The van der Waals surface area contributed by atoms with E-state index in [-0.39, 0.29) is 17.7 Å². The van der Waals surface area contributed by atoms with Crippen LogP contribution in [0.4, 0.5) is 0 Å². The van der Waals surface area contributed by atoms with Gasteiger partial charge in [-0.05, 0) is 37.0 Å². The summed E-state index contributed by atoms with van der Waals surface area (Å²) in [6.45, 7) is 3.21. The molecule has 4 rings (SSSR count). The van der Waals surface area contributed by atoms with Gasteiger partial charge >= 0.3 is 0 Å². The van der Waals surface area contributed by atoms with Gasteiger partial charge in [0, 0.05) is 37.7 Å². The number of amides is 1. The molecule has 0 radical (unpaired) electrons. The van der Waals surface area contributed by atoms with Crippen molar-refractivity contribution < 1.29 is 14.3 Å². The lowest BCUT2D eigenvalue weighted by molar-refractivity contribution is 0.0701. The maximum absolute atomic E-state index is 13.3. The number of benzene rings is 1. The van der Waals surface area contributed by atoms with Crippen molar-refractivity contribution in [2.45, 2.75) is 32.1 Å². The zero-order valence-corrected chi connectivity index (χ0v) is 18.7. The van der Waals surface area contributed by atoms with E-state index < -0.39 is 0 Å².